The summed E-state index contributed by atoms with van der Waals surface area (Å²) < 4.78 is 0. The quantitative estimate of drug-likeness (QED) is 0.730. The van der Waals surface area contributed by atoms with E-state index in [1.54, 1.807) is 0 Å². The standard InChI is InChI=1S/C17H28N2O/c1-2-9-15-10-5-8-13-19(15)16(20)17(14-18)11-6-3-4-7-12-17/h15H,2-13H2,1H3. The van der Waals surface area contributed by atoms with Crippen molar-refractivity contribution in [2.24, 2.45) is 5.41 Å². The Kier molecular flexibility index (Phi) is 5.46. The van der Waals surface area contributed by atoms with E-state index in [9.17, 15) is 10.1 Å². The largest absolute Gasteiger partial charge is 0.338 e. The van der Waals surface area contributed by atoms with E-state index < -0.39 is 5.41 Å². The van der Waals surface area contributed by atoms with Crippen molar-refractivity contribution in [2.75, 3.05) is 6.54 Å². The van der Waals surface area contributed by atoms with E-state index in [2.05, 4.69) is 17.9 Å². The number of carbonyl (C=O) groups excluding carboxylic acids is 1. The summed E-state index contributed by atoms with van der Waals surface area (Å²) in [6.07, 6.45) is 11.6. The predicted octanol–water partition coefficient (Wildman–Crippen LogP) is 4.03. The monoisotopic (exact) mass is 276 g/mol. The van der Waals surface area contributed by atoms with Crippen LogP contribution in [-0.2, 0) is 4.79 Å². The molecule has 1 atom stereocenters. The van der Waals surface area contributed by atoms with Crippen LogP contribution in [0.2, 0.25) is 0 Å². The number of likely N-dealkylation sites (tertiary alicyclic amines) is 1. The normalized spacial score (nSPS) is 26.6. The molecule has 0 radical (unpaired) electrons. The number of hydrogen-bond donors (Lipinski definition) is 0. The van der Waals surface area contributed by atoms with Gasteiger partial charge in [-0.15, -0.1) is 0 Å². The smallest absolute Gasteiger partial charge is 0.243 e. The molecule has 112 valence electrons. The van der Waals surface area contributed by atoms with Crippen molar-refractivity contribution < 1.29 is 4.79 Å². The first kappa shape index (κ1) is 15.4. The van der Waals surface area contributed by atoms with Crippen LogP contribution in [0.3, 0.4) is 0 Å². The molecule has 0 aromatic heterocycles. The first-order valence-electron chi connectivity index (χ1n) is 8.46. The molecule has 20 heavy (non-hydrogen) atoms. The van der Waals surface area contributed by atoms with Crippen LogP contribution in [0.15, 0.2) is 0 Å². The summed E-state index contributed by atoms with van der Waals surface area (Å²) in [4.78, 5) is 15.1. The van der Waals surface area contributed by atoms with Crippen LogP contribution in [0.5, 0.6) is 0 Å². The number of piperidine rings is 1. The highest BCUT2D eigenvalue weighted by Crippen LogP contribution is 2.38. The summed E-state index contributed by atoms with van der Waals surface area (Å²) in [5, 5.41) is 9.69. The first-order chi connectivity index (χ1) is 9.73. The van der Waals surface area contributed by atoms with Gasteiger partial charge in [-0.25, -0.2) is 0 Å². The molecule has 1 unspecified atom stereocenters. The van der Waals surface area contributed by atoms with Gasteiger partial charge in [0.1, 0.15) is 5.41 Å². The van der Waals surface area contributed by atoms with Crippen LogP contribution >= 0.6 is 0 Å². The van der Waals surface area contributed by atoms with E-state index >= 15 is 0 Å². The molecular formula is C17H28N2O. The summed E-state index contributed by atoms with van der Waals surface area (Å²) in [6, 6.07) is 2.81. The SMILES string of the molecule is CCCC1CCCCN1C(=O)C1(C#N)CCCCCC1. The number of hydrogen-bond acceptors (Lipinski definition) is 2. The molecule has 2 aliphatic rings. The zero-order chi connectivity index (χ0) is 14.4. The minimum Gasteiger partial charge on any atom is -0.338 e. The second-order valence-corrected chi connectivity index (χ2v) is 6.54. The van der Waals surface area contributed by atoms with Gasteiger partial charge in [0.25, 0.3) is 0 Å². The fourth-order valence-corrected chi connectivity index (χ4v) is 3.88. The molecule has 2 fully saturated rings. The van der Waals surface area contributed by atoms with Crippen LogP contribution < -0.4 is 0 Å². The third-order valence-corrected chi connectivity index (χ3v) is 5.09. The van der Waals surface area contributed by atoms with E-state index in [0.29, 0.717) is 6.04 Å². The maximum Gasteiger partial charge on any atom is 0.243 e. The maximum atomic E-state index is 13.0. The highest BCUT2D eigenvalue weighted by Gasteiger charge is 2.43. The van der Waals surface area contributed by atoms with Crippen molar-refractivity contribution in [3.05, 3.63) is 0 Å². The van der Waals surface area contributed by atoms with Crippen LogP contribution in [0.25, 0.3) is 0 Å². The van der Waals surface area contributed by atoms with Gasteiger partial charge in [-0.3, -0.25) is 4.79 Å². The van der Waals surface area contributed by atoms with E-state index in [1.165, 1.54) is 19.3 Å². The number of nitriles is 1. The van der Waals surface area contributed by atoms with Crippen molar-refractivity contribution in [3.63, 3.8) is 0 Å². The molecule has 1 aliphatic heterocycles. The number of amides is 1. The maximum absolute atomic E-state index is 13.0. The average molecular weight is 276 g/mol. The second-order valence-electron chi connectivity index (χ2n) is 6.54. The van der Waals surface area contributed by atoms with Gasteiger partial charge in [-0.1, -0.05) is 39.0 Å². The Balaban J connectivity index is 2.15. The molecule has 1 aliphatic carbocycles. The zero-order valence-corrected chi connectivity index (χ0v) is 12.9. The summed E-state index contributed by atoms with van der Waals surface area (Å²) in [7, 11) is 0. The molecule has 1 heterocycles. The van der Waals surface area contributed by atoms with E-state index in [0.717, 1.165) is 57.9 Å². The highest BCUT2D eigenvalue weighted by molar-refractivity contribution is 5.86. The van der Waals surface area contributed by atoms with Gasteiger partial charge in [0.05, 0.1) is 6.07 Å². The Morgan fingerprint density at radius 3 is 2.50 bits per heavy atom. The summed E-state index contributed by atoms with van der Waals surface area (Å²) in [5.74, 6) is 0.153. The lowest BCUT2D eigenvalue weighted by Gasteiger charge is -2.40. The molecular weight excluding hydrogens is 248 g/mol. The Morgan fingerprint density at radius 2 is 1.90 bits per heavy atom. The topological polar surface area (TPSA) is 44.1 Å². The molecule has 0 aromatic carbocycles. The molecule has 0 bridgehead atoms. The van der Waals surface area contributed by atoms with Crippen molar-refractivity contribution >= 4 is 5.91 Å². The molecule has 0 N–H and O–H groups in total. The Morgan fingerprint density at radius 1 is 1.20 bits per heavy atom. The molecule has 1 saturated carbocycles. The molecule has 1 saturated heterocycles. The van der Waals surface area contributed by atoms with Gasteiger partial charge in [-0.2, -0.15) is 5.26 Å². The third kappa shape index (κ3) is 3.16. The average Bonchev–Trinajstić information content (AvgIpc) is 2.74. The van der Waals surface area contributed by atoms with Gasteiger partial charge in [-0.05, 0) is 38.5 Å². The van der Waals surface area contributed by atoms with Crippen molar-refractivity contribution in [1.82, 2.24) is 4.90 Å². The van der Waals surface area contributed by atoms with Gasteiger partial charge in [0.2, 0.25) is 5.91 Å². The van der Waals surface area contributed by atoms with Gasteiger partial charge in [0.15, 0.2) is 0 Å². The zero-order valence-electron chi connectivity index (χ0n) is 12.9. The molecule has 0 spiro atoms. The molecule has 3 heteroatoms. The number of nitrogens with zero attached hydrogens (tertiary/aromatic N) is 2. The summed E-state index contributed by atoms with van der Waals surface area (Å²) >= 11 is 0. The Labute approximate surface area is 123 Å². The van der Waals surface area contributed by atoms with Crippen molar-refractivity contribution in [3.8, 4) is 6.07 Å². The molecule has 0 aromatic rings. The lowest BCUT2D eigenvalue weighted by molar-refractivity contribution is -0.143. The first-order valence-corrected chi connectivity index (χ1v) is 8.46. The lowest BCUT2D eigenvalue weighted by Crippen LogP contribution is -2.50. The highest BCUT2D eigenvalue weighted by atomic mass is 16.2. The molecule has 1 amide bonds. The number of rotatable bonds is 3. The van der Waals surface area contributed by atoms with Crippen LogP contribution in [0.4, 0.5) is 0 Å². The molecule has 2 rings (SSSR count). The lowest BCUT2D eigenvalue weighted by atomic mass is 9.79. The number of carbonyl (C=O) groups is 1. The Bertz CT molecular complexity index is 362. The van der Waals surface area contributed by atoms with Crippen molar-refractivity contribution in [2.45, 2.75) is 83.6 Å². The van der Waals surface area contributed by atoms with Gasteiger partial charge in [0, 0.05) is 12.6 Å². The van der Waals surface area contributed by atoms with Crippen LogP contribution in [-0.4, -0.2) is 23.4 Å². The van der Waals surface area contributed by atoms with E-state index in [4.69, 9.17) is 0 Å². The summed E-state index contributed by atoms with van der Waals surface area (Å²) in [5.41, 5.74) is -0.709. The van der Waals surface area contributed by atoms with E-state index in [1.807, 2.05) is 0 Å². The third-order valence-electron chi connectivity index (χ3n) is 5.09. The van der Waals surface area contributed by atoms with Crippen LogP contribution in [0, 0.1) is 16.7 Å². The van der Waals surface area contributed by atoms with Gasteiger partial charge >= 0.3 is 0 Å². The predicted molar refractivity (Wildman–Crippen MR) is 80.0 cm³/mol. The second kappa shape index (κ2) is 7.11. The minimum atomic E-state index is -0.709. The van der Waals surface area contributed by atoms with E-state index in [-0.39, 0.29) is 5.91 Å². The van der Waals surface area contributed by atoms with Gasteiger partial charge < -0.3 is 4.90 Å². The molecule has 3 nitrogen and oxygen atoms in total. The Hall–Kier alpha value is -1.04. The fourth-order valence-electron chi connectivity index (χ4n) is 3.88. The van der Waals surface area contributed by atoms with Crippen molar-refractivity contribution in [1.29, 1.82) is 5.26 Å². The fraction of sp³-hybridized carbons (Fsp3) is 0.882. The summed E-state index contributed by atoms with van der Waals surface area (Å²) in [6.45, 7) is 3.05. The minimum absolute atomic E-state index is 0.153. The van der Waals surface area contributed by atoms with Crippen LogP contribution in [0.1, 0.15) is 77.6 Å².